The summed E-state index contributed by atoms with van der Waals surface area (Å²) in [6.07, 6.45) is 1.23. The predicted octanol–water partition coefficient (Wildman–Crippen LogP) is 0.800. The summed E-state index contributed by atoms with van der Waals surface area (Å²) in [7, 11) is 0. The molecule has 11 heteroatoms. The highest BCUT2D eigenvalue weighted by molar-refractivity contribution is 7.10. The fourth-order valence-corrected chi connectivity index (χ4v) is 4.65. The Labute approximate surface area is 208 Å². The Balaban J connectivity index is 1.43. The van der Waals surface area contributed by atoms with E-state index >= 15 is 0 Å². The molecule has 7 N–H and O–H groups in total. The van der Waals surface area contributed by atoms with Crippen LogP contribution in [0.25, 0.3) is 0 Å². The number of nitrogens with one attached hydrogen (secondary N) is 3. The van der Waals surface area contributed by atoms with Gasteiger partial charge in [-0.15, -0.1) is 11.3 Å². The summed E-state index contributed by atoms with van der Waals surface area (Å²) in [5, 5.41) is 14.7. The zero-order valence-electron chi connectivity index (χ0n) is 19.5. The monoisotopic (exact) mass is 500 g/mol. The molecule has 0 aliphatic carbocycles. The number of hydrogen-bond donors (Lipinski definition) is 5. The van der Waals surface area contributed by atoms with Crippen LogP contribution in [0.15, 0.2) is 41.8 Å². The third-order valence-electron chi connectivity index (χ3n) is 5.74. The number of carbonyl (C=O) groups excluding carboxylic acids is 3. The highest BCUT2D eigenvalue weighted by Crippen LogP contribution is 2.23. The van der Waals surface area contributed by atoms with Gasteiger partial charge in [-0.3, -0.25) is 19.8 Å². The van der Waals surface area contributed by atoms with E-state index in [1.54, 1.807) is 11.4 Å². The topological polar surface area (TPSA) is 164 Å². The van der Waals surface area contributed by atoms with E-state index in [1.807, 2.05) is 30.3 Å². The minimum absolute atomic E-state index is 0.0200. The number of nitrogens with zero attached hydrogens (tertiary/aromatic N) is 1. The van der Waals surface area contributed by atoms with E-state index in [-0.39, 0.29) is 49.0 Å². The maximum atomic E-state index is 12.9. The number of likely N-dealkylation sites (tertiary alicyclic amines) is 1. The van der Waals surface area contributed by atoms with Crippen LogP contribution in [0.2, 0.25) is 0 Å². The molecule has 3 amide bonds. The van der Waals surface area contributed by atoms with E-state index in [0.29, 0.717) is 38.1 Å². The molecule has 0 radical (unpaired) electrons. The predicted molar refractivity (Wildman–Crippen MR) is 134 cm³/mol. The average molecular weight is 501 g/mol. The van der Waals surface area contributed by atoms with Gasteiger partial charge in [0.25, 0.3) is 0 Å². The lowest BCUT2D eigenvalue weighted by Gasteiger charge is -2.24. The quantitative estimate of drug-likeness (QED) is 0.164. The van der Waals surface area contributed by atoms with E-state index in [9.17, 15) is 14.4 Å². The van der Waals surface area contributed by atoms with Gasteiger partial charge in [-0.1, -0.05) is 18.2 Å². The molecule has 2 atom stereocenters. The van der Waals surface area contributed by atoms with Gasteiger partial charge in [0.05, 0.1) is 19.7 Å². The van der Waals surface area contributed by atoms with Gasteiger partial charge in [0.1, 0.15) is 17.6 Å². The van der Waals surface area contributed by atoms with Crippen molar-refractivity contribution >= 4 is 34.9 Å². The third-order valence-corrected chi connectivity index (χ3v) is 6.68. The summed E-state index contributed by atoms with van der Waals surface area (Å²) in [5.74, 6) is -0.0882. The van der Waals surface area contributed by atoms with Crippen LogP contribution in [0.5, 0.6) is 5.75 Å². The number of benzene rings is 1. The number of para-hydroxylation sites is 1. The molecule has 2 unspecified atom stereocenters. The van der Waals surface area contributed by atoms with Crippen LogP contribution in [-0.2, 0) is 20.9 Å². The molecule has 188 valence electrons. The lowest BCUT2D eigenvalue weighted by Crippen LogP contribution is -2.48. The van der Waals surface area contributed by atoms with Gasteiger partial charge in [0, 0.05) is 28.8 Å². The molecule has 2 aromatic rings. The van der Waals surface area contributed by atoms with Crippen molar-refractivity contribution in [1.82, 2.24) is 15.5 Å². The van der Waals surface area contributed by atoms with Crippen LogP contribution in [0.1, 0.15) is 29.7 Å². The maximum absolute atomic E-state index is 12.9. The molecule has 0 bridgehead atoms. The normalized spacial score (nSPS) is 17.1. The fraction of sp³-hybridized carbons (Fsp3) is 0.417. The fourth-order valence-electron chi connectivity index (χ4n) is 3.83. The van der Waals surface area contributed by atoms with Crippen LogP contribution in [0, 0.1) is 11.3 Å². The average Bonchev–Trinajstić information content (AvgIpc) is 3.52. The van der Waals surface area contributed by atoms with Crippen LogP contribution in [-0.4, -0.2) is 60.7 Å². The SMILES string of the molecule is N=C(N)c1csc(CNC(=O)C2CC(CN)CN2C(=O)CNC(=O)CCCOc2ccccc2)c1. The van der Waals surface area contributed by atoms with Gasteiger partial charge in [-0.2, -0.15) is 0 Å². The van der Waals surface area contributed by atoms with Gasteiger partial charge < -0.3 is 31.7 Å². The van der Waals surface area contributed by atoms with E-state index in [4.69, 9.17) is 21.6 Å². The van der Waals surface area contributed by atoms with E-state index in [1.165, 1.54) is 16.2 Å². The molecular formula is C24H32N6O4S. The maximum Gasteiger partial charge on any atom is 0.243 e. The summed E-state index contributed by atoms with van der Waals surface area (Å²) in [5.41, 5.74) is 11.9. The van der Waals surface area contributed by atoms with Crippen molar-refractivity contribution in [2.45, 2.75) is 31.8 Å². The second-order valence-corrected chi connectivity index (χ2v) is 9.37. The zero-order chi connectivity index (χ0) is 25.2. The largest absolute Gasteiger partial charge is 0.494 e. The Hall–Kier alpha value is -3.44. The Morgan fingerprint density at radius 2 is 1.97 bits per heavy atom. The molecule has 1 aliphatic heterocycles. The lowest BCUT2D eigenvalue weighted by molar-refractivity contribution is -0.138. The number of nitrogens with two attached hydrogens (primary N) is 2. The number of nitrogen functional groups attached to an aromatic ring is 1. The van der Waals surface area contributed by atoms with E-state index < -0.39 is 6.04 Å². The molecule has 1 aromatic heterocycles. The first-order valence-electron chi connectivity index (χ1n) is 11.5. The summed E-state index contributed by atoms with van der Waals surface area (Å²) in [4.78, 5) is 40.2. The smallest absolute Gasteiger partial charge is 0.243 e. The molecule has 2 heterocycles. The Morgan fingerprint density at radius 3 is 2.66 bits per heavy atom. The molecular weight excluding hydrogens is 468 g/mol. The molecule has 10 nitrogen and oxygen atoms in total. The Kier molecular flexibility index (Phi) is 9.62. The van der Waals surface area contributed by atoms with Crippen LogP contribution in [0.3, 0.4) is 0 Å². The van der Waals surface area contributed by atoms with Crippen molar-refractivity contribution in [2.24, 2.45) is 17.4 Å². The number of ether oxygens (including phenoxy) is 1. The van der Waals surface area contributed by atoms with Gasteiger partial charge in [-0.05, 0) is 43.5 Å². The molecule has 1 saturated heterocycles. The minimum Gasteiger partial charge on any atom is -0.494 e. The standard InChI is InChI=1S/C24H32N6O4S/c25-11-16-9-20(24(33)29-12-19-10-17(15-35-19)23(26)27)30(14-16)22(32)13-28-21(31)7-4-8-34-18-5-2-1-3-6-18/h1-3,5-6,10,15-16,20H,4,7-9,11-14,25H2,(H3,26,27)(H,28,31)(H,29,33). The van der Waals surface area contributed by atoms with Crippen molar-refractivity contribution in [1.29, 1.82) is 5.41 Å². The molecule has 0 saturated carbocycles. The number of amidine groups is 1. The first kappa shape index (κ1) is 26.2. The minimum atomic E-state index is -0.639. The summed E-state index contributed by atoms with van der Waals surface area (Å²) < 4.78 is 5.57. The number of thiophene rings is 1. The molecule has 0 spiro atoms. The number of hydrogen-bond acceptors (Lipinski definition) is 7. The van der Waals surface area contributed by atoms with Crippen LogP contribution in [0.4, 0.5) is 0 Å². The first-order chi connectivity index (χ1) is 16.9. The van der Waals surface area contributed by atoms with Crippen molar-refractivity contribution in [3.8, 4) is 5.75 Å². The summed E-state index contributed by atoms with van der Waals surface area (Å²) in [6.45, 7) is 1.25. The summed E-state index contributed by atoms with van der Waals surface area (Å²) in [6, 6.07) is 10.5. The number of carbonyl (C=O) groups is 3. The van der Waals surface area contributed by atoms with Crippen molar-refractivity contribution < 1.29 is 19.1 Å². The molecule has 1 aromatic carbocycles. The first-order valence-corrected chi connectivity index (χ1v) is 12.4. The van der Waals surface area contributed by atoms with Gasteiger partial charge >= 0.3 is 0 Å². The van der Waals surface area contributed by atoms with Gasteiger partial charge in [0.2, 0.25) is 17.7 Å². The van der Waals surface area contributed by atoms with Crippen LogP contribution >= 0.6 is 11.3 Å². The van der Waals surface area contributed by atoms with E-state index in [0.717, 1.165) is 10.6 Å². The van der Waals surface area contributed by atoms with Gasteiger partial charge in [0.15, 0.2) is 0 Å². The highest BCUT2D eigenvalue weighted by Gasteiger charge is 2.38. The third kappa shape index (κ3) is 7.79. The lowest BCUT2D eigenvalue weighted by atomic mass is 10.1. The Bertz CT molecular complexity index is 1030. The molecule has 1 aliphatic rings. The summed E-state index contributed by atoms with van der Waals surface area (Å²) >= 11 is 1.40. The number of amides is 3. The van der Waals surface area contributed by atoms with Crippen molar-refractivity contribution in [3.05, 3.63) is 52.2 Å². The highest BCUT2D eigenvalue weighted by atomic mass is 32.1. The van der Waals surface area contributed by atoms with Crippen molar-refractivity contribution in [2.75, 3.05) is 26.2 Å². The number of rotatable bonds is 12. The zero-order valence-corrected chi connectivity index (χ0v) is 20.3. The Morgan fingerprint density at radius 1 is 1.20 bits per heavy atom. The van der Waals surface area contributed by atoms with Crippen molar-refractivity contribution in [3.63, 3.8) is 0 Å². The molecule has 3 rings (SSSR count). The van der Waals surface area contributed by atoms with Gasteiger partial charge in [-0.25, -0.2) is 0 Å². The second kappa shape index (κ2) is 12.9. The van der Waals surface area contributed by atoms with E-state index in [2.05, 4.69) is 10.6 Å². The molecule has 1 fully saturated rings. The van der Waals surface area contributed by atoms with Crippen LogP contribution < -0.4 is 26.8 Å². The molecule has 35 heavy (non-hydrogen) atoms. The second-order valence-electron chi connectivity index (χ2n) is 8.37.